The highest BCUT2D eigenvalue weighted by Gasteiger charge is 2.51. The Labute approximate surface area is 172 Å². The van der Waals surface area contributed by atoms with E-state index in [0.29, 0.717) is 12.1 Å². The summed E-state index contributed by atoms with van der Waals surface area (Å²) in [4.78, 5) is -0.365. The summed E-state index contributed by atoms with van der Waals surface area (Å²) in [7, 11) is 4.72. The summed E-state index contributed by atoms with van der Waals surface area (Å²) in [6, 6.07) is 22.1. The van der Waals surface area contributed by atoms with Crippen LogP contribution in [0, 0.1) is 0 Å². The number of quaternary nitrogens is 1. The Hall–Kier alpha value is -0.560. The maximum atomic E-state index is 6.89. The molecule has 0 saturated carbocycles. The van der Waals surface area contributed by atoms with Gasteiger partial charge in [0.25, 0.3) is 0 Å². The first kappa shape index (κ1) is 19.2. The van der Waals surface area contributed by atoms with Gasteiger partial charge in [0.15, 0.2) is 4.93 Å². The quantitative estimate of drug-likeness (QED) is 0.497. The van der Waals surface area contributed by atoms with Crippen molar-refractivity contribution in [2.24, 2.45) is 0 Å². The topological polar surface area (TPSA) is 9.23 Å². The molecule has 0 bridgehead atoms. The number of halogens is 1. The first-order chi connectivity index (χ1) is 11.6. The molecule has 25 heavy (non-hydrogen) atoms. The molecule has 0 aromatic heterocycles. The number of hydrogen-bond acceptors (Lipinski definition) is 2. The molecule has 134 valence electrons. The van der Waals surface area contributed by atoms with Crippen molar-refractivity contribution in [3.8, 4) is 0 Å². The molecule has 2 heterocycles. The predicted molar refractivity (Wildman–Crippen MR) is 101 cm³/mol. The van der Waals surface area contributed by atoms with Crippen LogP contribution in [0.2, 0.25) is 0 Å². The third kappa shape index (κ3) is 3.51. The molecule has 4 rings (SSSR count). The second kappa shape index (κ2) is 7.59. The van der Waals surface area contributed by atoms with Crippen LogP contribution in [0.1, 0.15) is 24.0 Å². The van der Waals surface area contributed by atoms with Crippen molar-refractivity contribution in [1.82, 2.24) is 0 Å². The van der Waals surface area contributed by atoms with Crippen LogP contribution in [0.25, 0.3) is 0 Å². The Bertz CT molecular complexity index is 652. The van der Waals surface area contributed by atoms with Gasteiger partial charge in [0.1, 0.15) is 12.1 Å². The van der Waals surface area contributed by atoms with E-state index in [1.165, 1.54) is 30.5 Å². The molecule has 0 radical (unpaired) electrons. The van der Waals surface area contributed by atoms with Gasteiger partial charge in [-0.25, -0.2) is 0 Å². The van der Waals surface area contributed by atoms with E-state index in [9.17, 15) is 0 Å². The van der Waals surface area contributed by atoms with Crippen molar-refractivity contribution in [2.75, 3.05) is 26.4 Å². The average Bonchev–Trinajstić information content (AvgIpc) is 3.20. The Balaban J connectivity index is 0.00000182. The zero-order valence-electron chi connectivity index (χ0n) is 14.9. The minimum absolute atomic E-state index is 0. The standard InChI is InChI=1S/C21H26NOS.HI/c1-22(2)15-9-14-19(22)20-16-24-21(23-20,17-10-5-3-6-11-17)18-12-7-4-8-13-18;/h3-8,10-13,19-20H,9,14-16H2,1-2H3;1H/q+1;/p-1/t19-,20+;/m1./s1. The summed E-state index contributed by atoms with van der Waals surface area (Å²) < 4.78 is 7.98. The maximum Gasteiger partial charge on any atom is 0.165 e. The van der Waals surface area contributed by atoms with Crippen LogP contribution in [0.4, 0.5) is 0 Å². The highest BCUT2D eigenvalue weighted by molar-refractivity contribution is 8.00. The van der Waals surface area contributed by atoms with E-state index in [1.54, 1.807) is 0 Å². The van der Waals surface area contributed by atoms with Crippen LogP contribution in [0.15, 0.2) is 60.7 Å². The molecule has 2 aromatic carbocycles. The van der Waals surface area contributed by atoms with Gasteiger partial charge in [-0.05, 0) is 11.1 Å². The third-order valence-corrected chi connectivity index (χ3v) is 7.11. The number of likely N-dealkylation sites (N-methyl/N-ethyl adjacent to an activating group) is 1. The predicted octanol–water partition coefficient (Wildman–Crippen LogP) is 1.26. The molecule has 2 aliphatic rings. The van der Waals surface area contributed by atoms with Gasteiger partial charge in [0, 0.05) is 18.6 Å². The fourth-order valence-corrected chi connectivity index (χ4v) is 5.80. The number of ether oxygens (including phenoxy) is 1. The monoisotopic (exact) mass is 467 g/mol. The molecule has 0 aliphatic carbocycles. The average molecular weight is 467 g/mol. The van der Waals surface area contributed by atoms with E-state index < -0.39 is 0 Å². The van der Waals surface area contributed by atoms with Gasteiger partial charge in [0.05, 0.1) is 20.6 Å². The van der Waals surface area contributed by atoms with Crippen molar-refractivity contribution < 1.29 is 33.2 Å². The fraction of sp³-hybridized carbons (Fsp3) is 0.429. The summed E-state index contributed by atoms with van der Waals surface area (Å²) in [6.07, 6.45) is 2.90. The van der Waals surface area contributed by atoms with E-state index in [4.69, 9.17) is 4.74 Å². The van der Waals surface area contributed by atoms with Gasteiger partial charge in [0.2, 0.25) is 0 Å². The minimum atomic E-state index is -0.365. The van der Waals surface area contributed by atoms with Gasteiger partial charge in [-0.15, -0.1) is 11.8 Å². The lowest BCUT2D eigenvalue weighted by molar-refractivity contribution is -0.905. The van der Waals surface area contributed by atoms with Crippen molar-refractivity contribution in [3.05, 3.63) is 71.8 Å². The number of rotatable bonds is 3. The van der Waals surface area contributed by atoms with Gasteiger partial charge in [-0.1, -0.05) is 60.7 Å². The normalized spacial score (nSPS) is 27.0. The molecule has 2 nitrogen and oxygen atoms in total. The Morgan fingerprint density at radius 2 is 1.52 bits per heavy atom. The molecular formula is C21H26INOS. The number of hydrogen-bond donors (Lipinski definition) is 0. The minimum Gasteiger partial charge on any atom is -1.00 e. The van der Waals surface area contributed by atoms with Crippen molar-refractivity contribution in [3.63, 3.8) is 0 Å². The van der Waals surface area contributed by atoms with Crippen LogP contribution in [0.3, 0.4) is 0 Å². The van der Waals surface area contributed by atoms with Crippen LogP contribution in [0.5, 0.6) is 0 Å². The molecule has 0 amide bonds. The van der Waals surface area contributed by atoms with E-state index in [1.807, 2.05) is 11.8 Å². The number of thioether (sulfide) groups is 1. The summed E-state index contributed by atoms with van der Waals surface area (Å²) in [5.41, 5.74) is 2.51. The molecule has 2 atom stereocenters. The Kier molecular flexibility index (Phi) is 5.83. The smallest absolute Gasteiger partial charge is 0.165 e. The molecule has 2 fully saturated rings. The van der Waals surface area contributed by atoms with E-state index in [0.717, 1.165) is 10.2 Å². The zero-order valence-corrected chi connectivity index (χ0v) is 17.9. The highest BCUT2D eigenvalue weighted by atomic mass is 127. The highest BCUT2D eigenvalue weighted by Crippen LogP contribution is 2.51. The van der Waals surface area contributed by atoms with Gasteiger partial charge in [-0.3, -0.25) is 0 Å². The Morgan fingerprint density at radius 3 is 2.00 bits per heavy atom. The number of benzene rings is 2. The molecule has 2 aromatic rings. The van der Waals surface area contributed by atoms with E-state index in [2.05, 4.69) is 74.8 Å². The van der Waals surface area contributed by atoms with Gasteiger partial charge >= 0.3 is 0 Å². The van der Waals surface area contributed by atoms with Gasteiger partial charge < -0.3 is 33.2 Å². The first-order valence-corrected chi connectivity index (χ1v) is 9.86. The van der Waals surface area contributed by atoms with E-state index >= 15 is 0 Å². The molecule has 0 spiro atoms. The summed E-state index contributed by atoms with van der Waals surface area (Å²) in [5, 5.41) is 0. The fourth-order valence-electron chi connectivity index (χ4n) is 4.31. The Morgan fingerprint density at radius 1 is 0.960 bits per heavy atom. The summed E-state index contributed by atoms with van der Waals surface area (Å²) in [5.74, 6) is 1.07. The molecular weight excluding hydrogens is 441 g/mol. The molecule has 2 saturated heterocycles. The zero-order chi connectivity index (χ0) is 16.6. The lowest BCUT2D eigenvalue weighted by atomic mass is 9.99. The van der Waals surface area contributed by atoms with Crippen molar-refractivity contribution in [1.29, 1.82) is 0 Å². The summed E-state index contributed by atoms with van der Waals surface area (Å²) in [6.45, 7) is 1.26. The van der Waals surface area contributed by atoms with Crippen LogP contribution < -0.4 is 24.0 Å². The number of nitrogens with zero attached hydrogens (tertiary/aromatic N) is 1. The maximum absolute atomic E-state index is 6.89. The lowest BCUT2D eigenvalue weighted by Crippen LogP contribution is -3.00. The van der Waals surface area contributed by atoms with Crippen LogP contribution in [-0.4, -0.2) is 43.0 Å². The molecule has 0 N–H and O–H groups in total. The van der Waals surface area contributed by atoms with Crippen molar-refractivity contribution in [2.45, 2.75) is 29.9 Å². The first-order valence-electron chi connectivity index (χ1n) is 8.87. The van der Waals surface area contributed by atoms with Crippen LogP contribution in [-0.2, 0) is 9.67 Å². The molecule has 4 heteroatoms. The van der Waals surface area contributed by atoms with E-state index in [-0.39, 0.29) is 28.9 Å². The van der Waals surface area contributed by atoms with Crippen LogP contribution >= 0.6 is 11.8 Å². The van der Waals surface area contributed by atoms with Gasteiger partial charge in [-0.2, -0.15) is 0 Å². The SMILES string of the molecule is C[N+]1(C)CCC[C@@H]1[C@@H]1CSC(c2ccccc2)(c2ccccc2)O1.[I-]. The number of likely N-dealkylation sites (tertiary alicyclic amines) is 1. The molecule has 2 aliphatic heterocycles. The second-order valence-electron chi connectivity index (χ2n) is 7.53. The summed E-state index contributed by atoms with van der Waals surface area (Å²) >= 11 is 1.96. The van der Waals surface area contributed by atoms with Crippen molar-refractivity contribution >= 4 is 11.8 Å². The third-order valence-electron chi connectivity index (χ3n) is 5.64. The lowest BCUT2D eigenvalue weighted by Gasteiger charge is -2.36. The second-order valence-corrected chi connectivity index (χ2v) is 8.72. The molecule has 0 unspecified atom stereocenters. The largest absolute Gasteiger partial charge is 1.00 e.